The highest BCUT2D eigenvalue weighted by Gasteiger charge is 2.36. The van der Waals surface area contributed by atoms with E-state index in [0.717, 1.165) is 30.4 Å². The molecule has 2 rings (SSSR count). The third-order valence-electron chi connectivity index (χ3n) is 3.62. The number of carbonyl (C=O) groups excluding carboxylic acids is 1. The van der Waals surface area contributed by atoms with Crippen LogP contribution in [0.4, 0.5) is 0 Å². The molecule has 18 heavy (non-hydrogen) atoms. The molecule has 0 aromatic heterocycles. The fourth-order valence-electron chi connectivity index (χ4n) is 2.58. The molecular formula is C12H21N4O2+. The molecule has 0 radical (unpaired) electrons. The number of hydrogen-bond acceptors (Lipinski definition) is 4. The van der Waals surface area contributed by atoms with Gasteiger partial charge in [0.05, 0.1) is 6.34 Å². The Morgan fingerprint density at radius 1 is 1.50 bits per heavy atom. The van der Waals surface area contributed by atoms with Crippen molar-refractivity contribution in [1.29, 1.82) is 0 Å². The smallest absolute Gasteiger partial charge is 0.316 e. The molecule has 2 aliphatic rings. The first-order valence-electron chi connectivity index (χ1n) is 6.55. The summed E-state index contributed by atoms with van der Waals surface area (Å²) < 4.78 is 0.902. The first kappa shape index (κ1) is 13.0. The Morgan fingerprint density at radius 3 is 2.78 bits per heavy atom. The van der Waals surface area contributed by atoms with Gasteiger partial charge in [0.1, 0.15) is 6.04 Å². The summed E-state index contributed by atoms with van der Waals surface area (Å²) in [6.07, 6.45) is 5.34. The number of aliphatic imine (C=N–C) groups is 1. The summed E-state index contributed by atoms with van der Waals surface area (Å²) in [5, 5.41) is 2.92. The summed E-state index contributed by atoms with van der Waals surface area (Å²) in [6.45, 7) is 2.13. The van der Waals surface area contributed by atoms with Gasteiger partial charge in [-0.05, 0) is 19.8 Å². The van der Waals surface area contributed by atoms with Gasteiger partial charge in [-0.2, -0.15) is 0 Å². The van der Waals surface area contributed by atoms with Gasteiger partial charge < -0.3 is 10.2 Å². The van der Waals surface area contributed by atoms with Crippen LogP contribution in [0.2, 0.25) is 0 Å². The number of nitrogens with zero attached hydrogens (tertiary/aromatic N) is 3. The van der Waals surface area contributed by atoms with E-state index in [-0.39, 0.29) is 24.5 Å². The average Bonchev–Trinajstić information content (AvgIpc) is 2.81. The molecule has 2 atom stereocenters. The lowest BCUT2D eigenvalue weighted by Crippen LogP contribution is -2.50. The zero-order valence-corrected chi connectivity index (χ0v) is 11.0. The molecule has 1 heterocycles. The molecule has 0 saturated heterocycles. The second-order valence-electron chi connectivity index (χ2n) is 5.27. The van der Waals surface area contributed by atoms with Crippen molar-refractivity contribution in [2.24, 2.45) is 10.9 Å². The van der Waals surface area contributed by atoms with E-state index in [4.69, 9.17) is 0 Å². The van der Waals surface area contributed by atoms with Gasteiger partial charge in [-0.25, -0.2) is 4.99 Å². The number of rotatable bonds is 3. The Kier molecular flexibility index (Phi) is 3.93. The van der Waals surface area contributed by atoms with E-state index in [1.54, 1.807) is 18.3 Å². The van der Waals surface area contributed by atoms with Crippen LogP contribution in [-0.2, 0) is 4.79 Å². The van der Waals surface area contributed by atoms with E-state index in [1.807, 2.05) is 6.92 Å². The molecule has 1 aliphatic heterocycles. The van der Waals surface area contributed by atoms with Crippen molar-refractivity contribution >= 4 is 12.2 Å². The fraction of sp³-hybridized carbons (Fsp3) is 0.833. The molecule has 1 saturated carbocycles. The van der Waals surface area contributed by atoms with Crippen molar-refractivity contribution in [2.75, 3.05) is 13.7 Å². The van der Waals surface area contributed by atoms with Gasteiger partial charge in [0.15, 0.2) is 0 Å². The maximum atomic E-state index is 12.0. The summed E-state index contributed by atoms with van der Waals surface area (Å²) in [7, 11) is 1.80. The lowest BCUT2D eigenvalue weighted by molar-refractivity contribution is -0.604. The van der Waals surface area contributed by atoms with Crippen LogP contribution in [0, 0.1) is 10.8 Å². The molecule has 6 heteroatoms. The number of hydrogen-bond donors (Lipinski definition) is 1. The Hall–Kier alpha value is -1.46. The van der Waals surface area contributed by atoms with Gasteiger partial charge in [-0.3, -0.25) is 4.79 Å². The van der Waals surface area contributed by atoms with E-state index in [0.29, 0.717) is 0 Å². The molecule has 2 unspecified atom stereocenters. The monoisotopic (exact) mass is 253 g/mol. The van der Waals surface area contributed by atoms with Crippen LogP contribution in [0.5, 0.6) is 0 Å². The molecule has 0 aromatic rings. The second-order valence-corrected chi connectivity index (χ2v) is 5.27. The lowest BCUT2D eigenvalue weighted by atomic mass is 10.1. The molecule has 0 aromatic carbocycles. The third-order valence-corrected chi connectivity index (χ3v) is 3.62. The van der Waals surface area contributed by atoms with Crippen LogP contribution in [0.25, 0.3) is 0 Å². The SMILES string of the molecule is CC(NC(=O)C1CCCC1)C1N=CN(C)C[N+]1=O. The zero-order valence-electron chi connectivity index (χ0n) is 11.0. The van der Waals surface area contributed by atoms with E-state index in [1.165, 1.54) is 0 Å². The van der Waals surface area contributed by atoms with Gasteiger partial charge in [-0.1, -0.05) is 12.8 Å². The molecule has 1 amide bonds. The minimum absolute atomic E-state index is 0.0718. The Balaban J connectivity index is 1.91. The van der Waals surface area contributed by atoms with E-state index < -0.39 is 6.17 Å². The first-order valence-corrected chi connectivity index (χ1v) is 6.55. The van der Waals surface area contributed by atoms with Gasteiger partial charge in [0.25, 0.3) is 6.67 Å². The molecular weight excluding hydrogens is 232 g/mol. The van der Waals surface area contributed by atoms with Gasteiger partial charge in [0.2, 0.25) is 5.91 Å². The molecule has 1 aliphatic carbocycles. The second kappa shape index (κ2) is 5.46. The van der Waals surface area contributed by atoms with Gasteiger partial charge in [0, 0.05) is 22.6 Å². The van der Waals surface area contributed by atoms with Crippen LogP contribution in [0.1, 0.15) is 32.6 Å². The molecule has 6 nitrogen and oxygen atoms in total. The van der Waals surface area contributed by atoms with Crippen molar-refractivity contribution < 1.29 is 9.55 Å². The third kappa shape index (κ3) is 2.86. The minimum atomic E-state index is -0.508. The van der Waals surface area contributed by atoms with Crippen LogP contribution in [0.3, 0.4) is 0 Å². The van der Waals surface area contributed by atoms with Crippen molar-refractivity contribution in [3.63, 3.8) is 0 Å². The predicted molar refractivity (Wildman–Crippen MR) is 68.1 cm³/mol. The topological polar surface area (TPSA) is 64.8 Å². The van der Waals surface area contributed by atoms with E-state index in [2.05, 4.69) is 10.3 Å². The Labute approximate surface area is 107 Å². The maximum absolute atomic E-state index is 12.0. The highest BCUT2D eigenvalue weighted by Crippen LogP contribution is 2.24. The molecule has 100 valence electrons. The predicted octanol–water partition coefficient (Wildman–Crippen LogP) is 0.718. The number of nitroso groups, excluding NO2 is 1. The number of amides is 1. The summed E-state index contributed by atoms with van der Waals surface area (Å²) in [5.41, 5.74) is 0. The van der Waals surface area contributed by atoms with Crippen LogP contribution < -0.4 is 5.32 Å². The lowest BCUT2D eigenvalue weighted by Gasteiger charge is -2.22. The number of nitrogens with one attached hydrogen (secondary N) is 1. The summed E-state index contributed by atoms with van der Waals surface area (Å²) in [6, 6.07) is -0.249. The fourth-order valence-corrected chi connectivity index (χ4v) is 2.58. The zero-order chi connectivity index (χ0) is 13.1. The minimum Gasteiger partial charge on any atom is -0.344 e. The van der Waals surface area contributed by atoms with Crippen molar-refractivity contribution in [3.8, 4) is 0 Å². The highest BCUT2D eigenvalue weighted by atomic mass is 16.3. The number of carbonyl (C=O) groups is 1. The van der Waals surface area contributed by atoms with Crippen LogP contribution in [-0.4, -0.2) is 47.8 Å². The van der Waals surface area contributed by atoms with Gasteiger partial charge >= 0.3 is 6.17 Å². The largest absolute Gasteiger partial charge is 0.344 e. The van der Waals surface area contributed by atoms with Crippen molar-refractivity contribution in [2.45, 2.75) is 44.8 Å². The van der Waals surface area contributed by atoms with Crippen molar-refractivity contribution in [1.82, 2.24) is 10.2 Å². The van der Waals surface area contributed by atoms with E-state index >= 15 is 0 Å². The Morgan fingerprint density at radius 2 is 2.17 bits per heavy atom. The van der Waals surface area contributed by atoms with Gasteiger partial charge in [-0.15, -0.1) is 0 Å². The average molecular weight is 253 g/mol. The summed E-state index contributed by atoms with van der Waals surface area (Å²) >= 11 is 0. The highest BCUT2D eigenvalue weighted by molar-refractivity contribution is 5.79. The molecule has 1 fully saturated rings. The van der Waals surface area contributed by atoms with Crippen LogP contribution in [0.15, 0.2) is 4.99 Å². The molecule has 0 bridgehead atoms. The van der Waals surface area contributed by atoms with Crippen LogP contribution >= 0.6 is 0 Å². The quantitative estimate of drug-likeness (QED) is 0.754. The molecule has 1 N–H and O–H groups in total. The molecule has 0 spiro atoms. The first-order chi connectivity index (χ1) is 8.58. The maximum Gasteiger partial charge on any atom is 0.316 e. The standard InChI is InChI=1S/C12H20N4O2/c1-9(11-13-7-15(2)8-16(11)18)14-12(17)10-5-3-4-6-10/h7,9-11H,3-6,8H2,1-2H3/p+1. The van der Waals surface area contributed by atoms with E-state index in [9.17, 15) is 9.70 Å². The van der Waals surface area contributed by atoms with Crippen molar-refractivity contribution in [3.05, 3.63) is 4.91 Å². The summed E-state index contributed by atoms with van der Waals surface area (Å²) in [4.78, 5) is 29.6. The normalized spacial score (nSPS) is 26.4. The summed E-state index contributed by atoms with van der Waals surface area (Å²) in [5.74, 6) is 0.199. The Bertz CT molecular complexity index is 363.